The number of carbonyl (C=O) groups excluding carboxylic acids is 2. The minimum atomic E-state index is -1.02. The first-order chi connectivity index (χ1) is 26.0. The summed E-state index contributed by atoms with van der Waals surface area (Å²) in [6.07, 6.45) is 56.0. The van der Waals surface area contributed by atoms with Gasteiger partial charge in [-0.1, -0.05) is 164 Å². The van der Waals surface area contributed by atoms with Crippen molar-refractivity contribution in [2.75, 3.05) is 6.54 Å². The van der Waals surface area contributed by atoms with Crippen molar-refractivity contribution in [2.45, 2.75) is 200 Å². The van der Waals surface area contributed by atoms with Gasteiger partial charge in [0, 0.05) is 12.8 Å². The van der Waals surface area contributed by atoms with Crippen LogP contribution in [-0.4, -0.2) is 35.6 Å². The van der Waals surface area contributed by atoms with Crippen molar-refractivity contribution in [1.82, 2.24) is 5.32 Å². The van der Waals surface area contributed by atoms with Crippen LogP contribution in [0.5, 0.6) is 0 Å². The van der Waals surface area contributed by atoms with Crippen molar-refractivity contribution < 1.29 is 24.2 Å². The maximum atomic E-state index is 12.7. The molecule has 302 valence electrons. The SMILES string of the molecule is CC/C=C\C/C=C\C/C=C\C/C=C\C/C=C\C/C=C\CCCCCCC(=O)OC(CCCCCCCCCC)CCCCCCCC(=O)NCC(=O)O. The molecule has 0 bridgehead atoms. The lowest BCUT2D eigenvalue weighted by molar-refractivity contribution is -0.150. The van der Waals surface area contributed by atoms with E-state index in [9.17, 15) is 14.4 Å². The summed E-state index contributed by atoms with van der Waals surface area (Å²) >= 11 is 0. The molecule has 0 aliphatic rings. The molecule has 1 amide bonds. The Hall–Kier alpha value is -3.15. The monoisotopic (exact) mass is 738 g/mol. The van der Waals surface area contributed by atoms with Gasteiger partial charge in [-0.25, -0.2) is 0 Å². The molecule has 2 N–H and O–H groups in total. The number of hydrogen-bond acceptors (Lipinski definition) is 4. The van der Waals surface area contributed by atoms with Crippen LogP contribution in [0.15, 0.2) is 72.9 Å². The van der Waals surface area contributed by atoms with Crippen LogP contribution < -0.4 is 5.32 Å². The molecule has 1 unspecified atom stereocenters. The minimum Gasteiger partial charge on any atom is -0.480 e. The molecule has 6 nitrogen and oxygen atoms in total. The maximum Gasteiger partial charge on any atom is 0.322 e. The first-order valence-electron chi connectivity index (χ1n) is 21.6. The van der Waals surface area contributed by atoms with Gasteiger partial charge in [-0.05, 0) is 89.9 Å². The Kier molecular flexibility index (Phi) is 39.1. The van der Waals surface area contributed by atoms with Gasteiger partial charge >= 0.3 is 11.9 Å². The summed E-state index contributed by atoms with van der Waals surface area (Å²) in [4.78, 5) is 35.0. The van der Waals surface area contributed by atoms with Gasteiger partial charge in [0.2, 0.25) is 5.91 Å². The third kappa shape index (κ3) is 41.5. The summed E-state index contributed by atoms with van der Waals surface area (Å²) in [7, 11) is 0. The third-order valence-electron chi connectivity index (χ3n) is 9.14. The number of carboxylic acid groups (broad SMARTS) is 1. The Morgan fingerprint density at radius 3 is 1.42 bits per heavy atom. The van der Waals surface area contributed by atoms with E-state index in [-0.39, 0.29) is 24.5 Å². The highest BCUT2D eigenvalue weighted by atomic mass is 16.5. The molecule has 0 aromatic heterocycles. The van der Waals surface area contributed by atoms with Crippen LogP contribution in [0.1, 0.15) is 194 Å². The molecule has 0 aromatic rings. The zero-order valence-electron chi connectivity index (χ0n) is 34.1. The average molecular weight is 738 g/mol. The van der Waals surface area contributed by atoms with Gasteiger partial charge < -0.3 is 15.2 Å². The minimum absolute atomic E-state index is 0.0116. The van der Waals surface area contributed by atoms with Crippen molar-refractivity contribution in [3.63, 3.8) is 0 Å². The molecule has 0 aliphatic heterocycles. The van der Waals surface area contributed by atoms with E-state index in [0.717, 1.165) is 122 Å². The van der Waals surface area contributed by atoms with E-state index in [1.165, 1.54) is 44.9 Å². The Bertz CT molecular complexity index is 1040. The van der Waals surface area contributed by atoms with Gasteiger partial charge in [0.05, 0.1) is 0 Å². The Morgan fingerprint density at radius 2 is 0.925 bits per heavy atom. The number of hydrogen-bond donors (Lipinski definition) is 2. The molecular weight excluding hydrogens is 659 g/mol. The Labute approximate surface area is 325 Å². The Morgan fingerprint density at radius 1 is 0.509 bits per heavy atom. The Balaban J connectivity index is 4.10. The summed E-state index contributed by atoms with van der Waals surface area (Å²) < 4.78 is 6.00. The van der Waals surface area contributed by atoms with Crippen molar-refractivity contribution in [3.05, 3.63) is 72.9 Å². The normalized spacial score (nSPS) is 12.8. The molecule has 0 rings (SSSR count). The fourth-order valence-electron chi connectivity index (χ4n) is 5.99. The van der Waals surface area contributed by atoms with E-state index in [1.807, 2.05) is 0 Å². The van der Waals surface area contributed by atoms with Crippen molar-refractivity contribution >= 4 is 17.8 Å². The van der Waals surface area contributed by atoms with Crippen LogP contribution in [0, 0.1) is 0 Å². The van der Waals surface area contributed by atoms with Crippen LogP contribution in [-0.2, 0) is 19.1 Å². The molecule has 53 heavy (non-hydrogen) atoms. The summed E-state index contributed by atoms with van der Waals surface area (Å²) in [5.74, 6) is -1.26. The largest absolute Gasteiger partial charge is 0.480 e. The molecule has 0 radical (unpaired) electrons. The van der Waals surface area contributed by atoms with Crippen LogP contribution in [0.2, 0.25) is 0 Å². The number of carbonyl (C=O) groups is 3. The van der Waals surface area contributed by atoms with Gasteiger partial charge in [0.1, 0.15) is 12.6 Å². The second-order valence-electron chi connectivity index (χ2n) is 14.2. The maximum absolute atomic E-state index is 12.7. The number of unbranched alkanes of at least 4 members (excludes halogenated alkanes) is 15. The summed E-state index contributed by atoms with van der Waals surface area (Å²) in [6, 6.07) is 0. The van der Waals surface area contributed by atoms with E-state index in [0.29, 0.717) is 12.8 Å². The fraction of sp³-hybridized carbons (Fsp3) is 0.681. The summed E-state index contributed by atoms with van der Waals surface area (Å²) in [6.45, 7) is 4.09. The lowest BCUT2D eigenvalue weighted by Gasteiger charge is -2.18. The van der Waals surface area contributed by atoms with E-state index >= 15 is 0 Å². The van der Waals surface area contributed by atoms with Crippen LogP contribution in [0.25, 0.3) is 0 Å². The number of ether oxygens (including phenoxy) is 1. The van der Waals surface area contributed by atoms with E-state index in [2.05, 4.69) is 92.1 Å². The molecule has 0 saturated heterocycles. The first kappa shape index (κ1) is 49.9. The number of allylic oxidation sites excluding steroid dienone is 12. The van der Waals surface area contributed by atoms with Gasteiger partial charge in [0.25, 0.3) is 0 Å². The molecule has 0 spiro atoms. The standard InChI is InChI=1S/C47H79NO5/c1-3-5-7-9-11-13-14-15-16-17-18-19-20-21-22-23-24-25-26-27-29-34-38-42-47(52)53-44(39-35-31-28-12-10-8-6-4-2)40-36-32-30-33-37-41-45(49)48-43-46(50)51/h5,7,11,13,15-16,18-19,21-22,24-25,44H,3-4,6,8-10,12,14,17,20,23,26-43H2,1-2H3,(H,48,49)(H,50,51)/b7-5-,13-11-,16-15-,19-18-,22-21-,25-24-. The molecule has 1 atom stereocenters. The lowest BCUT2D eigenvalue weighted by atomic mass is 10.0. The number of esters is 1. The average Bonchev–Trinajstić information content (AvgIpc) is 3.14. The van der Waals surface area contributed by atoms with Crippen LogP contribution in [0.3, 0.4) is 0 Å². The molecule has 0 aliphatic carbocycles. The predicted molar refractivity (Wildman–Crippen MR) is 226 cm³/mol. The smallest absolute Gasteiger partial charge is 0.322 e. The van der Waals surface area contributed by atoms with Crippen molar-refractivity contribution in [1.29, 1.82) is 0 Å². The molecular formula is C47H79NO5. The van der Waals surface area contributed by atoms with E-state index in [4.69, 9.17) is 9.84 Å². The highest BCUT2D eigenvalue weighted by Crippen LogP contribution is 2.18. The zero-order valence-corrected chi connectivity index (χ0v) is 34.1. The van der Waals surface area contributed by atoms with Gasteiger partial charge in [-0.2, -0.15) is 0 Å². The highest BCUT2D eigenvalue weighted by molar-refractivity contribution is 5.80. The third-order valence-corrected chi connectivity index (χ3v) is 9.14. The van der Waals surface area contributed by atoms with Gasteiger partial charge in [-0.15, -0.1) is 0 Å². The predicted octanol–water partition coefficient (Wildman–Crippen LogP) is 13.4. The summed E-state index contributed by atoms with van der Waals surface area (Å²) in [5, 5.41) is 11.1. The number of amides is 1. The second-order valence-corrected chi connectivity index (χ2v) is 14.2. The van der Waals surface area contributed by atoms with Crippen molar-refractivity contribution in [2.24, 2.45) is 0 Å². The molecule has 6 heteroatoms. The molecule has 0 saturated carbocycles. The number of aliphatic carboxylic acids is 1. The topological polar surface area (TPSA) is 92.7 Å². The molecule has 0 fully saturated rings. The summed E-state index contributed by atoms with van der Waals surface area (Å²) in [5.41, 5.74) is 0. The fourth-order valence-corrected chi connectivity index (χ4v) is 5.99. The lowest BCUT2D eigenvalue weighted by Crippen LogP contribution is -2.28. The second kappa shape index (κ2) is 41.6. The van der Waals surface area contributed by atoms with Gasteiger partial charge in [-0.3, -0.25) is 14.4 Å². The van der Waals surface area contributed by atoms with Crippen molar-refractivity contribution in [3.8, 4) is 0 Å². The zero-order chi connectivity index (χ0) is 38.7. The first-order valence-corrected chi connectivity index (χ1v) is 21.6. The number of nitrogens with one attached hydrogen (secondary N) is 1. The molecule has 0 heterocycles. The van der Waals surface area contributed by atoms with Gasteiger partial charge in [0.15, 0.2) is 0 Å². The van der Waals surface area contributed by atoms with Crippen LogP contribution in [0.4, 0.5) is 0 Å². The highest BCUT2D eigenvalue weighted by Gasteiger charge is 2.14. The van der Waals surface area contributed by atoms with E-state index < -0.39 is 5.97 Å². The molecule has 0 aromatic carbocycles. The number of carboxylic acids is 1. The quantitative estimate of drug-likeness (QED) is 0.0374. The van der Waals surface area contributed by atoms with E-state index in [1.54, 1.807) is 0 Å². The number of rotatable bonds is 38. The van der Waals surface area contributed by atoms with Crippen LogP contribution >= 0.6 is 0 Å².